The van der Waals surface area contributed by atoms with E-state index >= 15 is 0 Å². The number of aromatic nitrogens is 2. The number of carbonyl (C=O) groups excluding carboxylic acids is 1. The van der Waals surface area contributed by atoms with Crippen molar-refractivity contribution in [3.8, 4) is 0 Å². The highest BCUT2D eigenvalue weighted by atomic mass is 16.5. The number of hydrogen-bond donors (Lipinski definition) is 1. The van der Waals surface area contributed by atoms with Gasteiger partial charge in [-0.2, -0.15) is 5.10 Å². The van der Waals surface area contributed by atoms with Crippen molar-refractivity contribution in [2.75, 3.05) is 19.8 Å². The predicted octanol–water partition coefficient (Wildman–Crippen LogP) is 2.31. The van der Waals surface area contributed by atoms with Crippen LogP contribution in [-0.4, -0.2) is 35.4 Å². The lowest BCUT2D eigenvalue weighted by Crippen LogP contribution is -2.48. The Morgan fingerprint density at radius 1 is 1.30 bits per heavy atom. The monoisotopic (exact) mass is 313 g/mol. The summed E-state index contributed by atoms with van der Waals surface area (Å²) in [5.41, 5.74) is 4.07. The van der Waals surface area contributed by atoms with Crippen molar-refractivity contribution in [3.63, 3.8) is 0 Å². The molecule has 23 heavy (non-hydrogen) atoms. The summed E-state index contributed by atoms with van der Waals surface area (Å²) in [6, 6.07) is 9.78. The zero-order chi connectivity index (χ0) is 16.4. The molecule has 0 bridgehead atoms. The summed E-state index contributed by atoms with van der Waals surface area (Å²) in [5.74, 6) is -0.0317. The molecule has 1 aliphatic rings. The molecule has 122 valence electrons. The molecule has 1 saturated heterocycles. The maximum absolute atomic E-state index is 12.2. The Labute approximate surface area is 136 Å². The van der Waals surface area contributed by atoms with Gasteiger partial charge in [0, 0.05) is 23.2 Å². The average molecular weight is 313 g/mol. The van der Waals surface area contributed by atoms with Crippen molar-refractivity contribution in [2.24, 2.45) is 5.41 Å². The Morgan fingerprint density at radius 3 is 2.52 bits per heavy atom. The third-order valence-corrected chi connectivity index (χ3v) is 4.23. The van der Waals surface area contributed by atoms with E-state index in [0.717, 1.165) is 36.7 Å². The van der Waals surface area contributed by atoms with Crippen LogP contribution >= 0.6 is 0 Å². The molecule has 5 heteroatoms. The quantitative estimate of drug-likeness (QED) is 0.921. The molecule has 5 nitrogen and oxygen atoms in total. The van der Waals surface area contributed by atoms with Crippen molar-refractivity contribution in [2.45, 2.75) is 27.3 Å². The average Bonchev–Trinajstić information content (AvgIpc) is 2.81. The highest BCUT2D eigenvalue weighted by molar-refractivity contribution is 5.94. The smallest absolute Gasteiger partial charge is 0.251 e. The first kappa shape index (κ1) is 15.7. The molecule has 1 fully saturated rings. The van der Waals surface area contributed by atoms with E-state index in [2.05, 4.69) is 23.4 Å². The van der Waals surface area contributed by atoms with Crippen molar-refractivity contribution < 1.29 is 9.53 Å². The molecule has 0 radical (unpaired) electrons. The lowest BCUT2D eigenvalue weighted by atomic mass is 9.88. The van der Waals surface area contributed by atoms with Gasteiger partial charge in [-0.1, -0.05) is 19.1 Å². The summed E-state index contributed by atoms with van der Waals surface area (Å²) >= 11 is 0. The first-order valence-corrected chi connectivity index (χ1v) is 7.91. The van der Waals surface area contributed by atoms with Gasteiger partial charge in [-0.05, 0) is 37.6 Å². The fraction of sp³-hybridized carbons (Fsp3) is 0.444. The zero-order valence-corrected chi connectivity index (χ0v) is 13.9. The van der Waals surface area contributed by atoms with Crippen molar-refractivity contribution >= 4 is 5.91 Å². The van der Waals surface area contributed by atoms with Crippen LogP contribution in [-0.2, 0) is 11.3 Å². The van der Waals surface area contributed by atoms with Crippen LogP contribution in [0.1, 0.15) is 34.2 Å². The van der Waals surface area contributed by atoms with Crippen LogP contribution in [0.25, 0.3) is 0 Å². The molecule has 0 unspecified atom stereocenters. The molecule has 1 N–H and O–H groups in total. The van der Waals surface area contributed by atoms with Gasteiger partial charge in [-0.3, -0.25) is 9.48 Å². The van der Waals surface area contributed by atoms with E-state index in [9.17, 15) is 4.79 Å². The van der Waals surface area contributed by atoms with Gasteiger partial charge in [-0.25, -0.2) is 0 Å². The van der Waals surface area contributed by atoms with Gasteiger partial charge >= 0.3 is 0 Å². The third kappa shape index (κ3) is 3.62. The fourth-order valence-corrected chi connectivity index (χ4v) is 2.72. The number of benzene rings is 1. The zero-order valence-electron chi connectivity index (χ0n) is 13.9. The lowest BCUT2D eigenvalue weighted by molar-refractivity contribution is -0.0978. The van der Waals surface area contributed by atoms with Gasteiger partial charge in [0.2, 0.25) is 0 Å². The van der Waals surface area contributed by atoms with E-state index in [1.165, 1.54) is 0 Å². The van der Waals surface area contributed by atoms with E-state index < -0.39 is 0 Å². The van der Waals surface area contributed by atoms with Crippen LogP contribution < -0.4 is 5.32 Å². The van der Waals surface area contributed by atoms with E-state index in [1.54, 1.807) is 0 Å². The summed E-state index contributed by atoms with van der Waals surface area (Å²) in [5, 5.41) is 7.45. The number of carbonyl (C=O) groups is 1. The number of nitrogens with zero attached hydrogens (tertiary/aromatic N) is 2. The molecule has 2 heterocycles. The number of aryl methyl sites for hydroxylation is 2. The van der Waals surface area contributed by atoms with E-state index in [1.807, 2.05) is 42.8 Å². The van der Waals surface area contributed by atoms with E-state index in [0.29, 0.717) is 12.1 Å². The number of rotatable bonds is 5. The predicted molar refractivity (Wildman–Crippen MR) is 88.5 cm³/mol. The molecule has 1 aliphatic heterocycles. The highest BCUT2D eigenvalue weighted by Crippen LogP contribution is 2.25. The molecule has 1 amide bonds. The maximum atomic E-state index is 12.2. The van der Waals surface area contributed by atoms with Gasteiger partial charge in [-0.15, -0.1) is 0 Å². The van der Waals surface area contributed by atoms with Gasteiger partial charge < -0.3 is 10.1 Å². The summed E-state index contributed by atoms with van der Waals surface area (Å²) in [6.45, 7) is 8.96. The Balaban J connectivity index is 1.60. The second-order valence-corrected chi connectivity index (χ2v) is 6.77. The minimum Gasteiger partial charge on any atom is -0.380 e. The first-order chi connectivity index (χ1) is 11.0. The lowest BCUT2D eigenvalue weighted by Gasteiger charge is -2.38. The summed E-state index contributed by atoms with van der Waals surface area (Å²) in [7, 11) is 0. The molecule has 2 aromatic rings. The van der Waals surface area contributed by atoms with E-state index in [-0.39, 0.29) is 11.3 Å². The Morgan fingerprint density at radius 2 is 2.00 bits per heavy atom. The Hall–Kier alpha value is -2.14. The topological polar surface area (TPSA) is 56.2 Å². The number of amides is 1. The molecule has 0 spiro atoms. The van der Waals surface area contributed by atoms with Crippen molar-refractivity contribution in [1.29, 1.82) is 0 Å². The summed E-state index contributed by atoms with van der Waals surface area (Å²) in [4.78, 5) is 12.2. The summed E-state index contributed by atoms with van der Waals surface area (Å²) in [6.07, 6.45) is 0. The molecule has 1 aromatic carbocycles. The van der Waals surface area contributed by atoms with Crippen LogP contribution in [0.5, 0.6) is 0 Å². The Bertz CT molecular complexity index is 700. The molecule has 0 atom stereocenters. The van der Waals surface area contributed by atoms with Crippen molar-refractivity contribution in [3.05, 3.63) is 52.8 Å². The van der Waals surface area contributed by atoms with Crippen LogP contribution in [0.15, 0.2) is 30.3 Å². The van der Waals surface area contributed by atoms with Gasteiger partial charge in [0.15, 0.2) is 0 Å². The number of ether oxygens (including phenoxy) is 1. The molecule has 0 saturated carbocycles. The van der Waals surface area contributed by atoms with Gasteiger partial charge in [0.1, 0.15) is 0 Å². The van der Waals surface area contributed by atoms with Gasteiger partial charge in [0.05, 0.1) is 25.5 Å². The van der Waals surface area contributed by atoms with Crippen LogP contribution in [0.4, 0.5) is 0 Å². The highest BCUT2D eigenvalue weighted by Gasteiger charge is 2.33. The first-order valence-electron chi connectivity index (χ1n) is 7.91. The van der Waals surface area contributed by atoms with Crippen molar-refractivity contribution in [1.82, 2.24) is 15.1 Å². The molecular formula is C18H23N3O2. The fourth-order valence-electron chi connectivity index (χ4n) is 2.72. The van der Waals surface area contributed by atoms with Crippen LogP contribution in [0.3, 0.4) is 0 Å². The second-order valence-electron chi connectivity index (χ2n) is 6.77. The third-order valence-electron chi connectivity index (χ3n) is 4.23. The minimum atomic E-state index is -0.0317. The Kier molecular flexibility index (Phi) is 4.22. The molecule has 3 rings (SSSR count). The standard InChI is InChI=1S/C18H23N3O2/c1-13-8-14(2)21(20-13)9-15-4-6-16(7-5-15)17(22)19-10-18(3)11-23-12-18/h4-8H,9-12H2,1-3H3,(H,19,22). The maximum Gasteiger partial charge on any atom is 0.251 e. The number of hydrogen-bond acceptors (Lipinski definition) is 3. The summed E-state index contributed by atoms with van der Waals surface area (Å²) < 4.78 is 7.17. The van der Waals surface area contributed by atoms with Crippen LogP contribution in [0.2, 0.25) is 0 Å². The normalized spacial score (nSPS) is 16.0. The largest absolute Gasteiger partial charge is 0.380 e. The minimum absolute atomic E-state index is 0.0317. The molecule has 0 aliphatic carbocycles. The van der Waals surface area contributed by atoms with E-state index in [4.69, 9.17) is 4.74 Å². The van der Waals surface area contributed by atoms with Crippen LogP contribution in [0, 0.1) is 19.3 Å². The molecular weight excluding hydrogens is 290 g/mol. The number of nitrogens with one attached hydrogen (secondary N) is 1. The SMILES string of the molecule is Cc1cc(C)n(Cc2ccc(C(=O)NCC3(C)COC3)cc2)n1. The molecule has 1 aromatic heterocycles. The second kappa shape index (κ2) is 6.16. The van der Waals surface area contributed by atoms with Gasteiger partial charge in [0.25, 0.3) is 5.91 Å².